The molecule has 0 aromatic carbocycles. The van der Waals surface area contributed by atoms with E-state index < -0.39 is 5.54 Å². The van der Waals surface area contributed by atoms with Crippen molar-refractivity contribution in [2.24, 2.45) is 0 Å². The summed E-state index contributed by atoms with van der Waals surface area (Å²) in [5, 5.41) is 2.96. The molecule has 0 unspecified atom stereocenters. The van der Waals surface area contributed by atoms with E-state index in [4.69, 9.17) is 4.74 Å². The average molecular weight is 285 g/mol. The number of pyridine rings is 2. The fourth-order valence-electron chi connectivity index (χ4n) is 2.02. The van der Waals surface area contributed by atoms with Crippen LogP contribution >= 0.6 is 0 Å². The van der Waals surface area contributed by atoms with Gasteiger partial charge in [0.2, 0.25) is 0 Å². The molecule has 1 amide bonds. The van der Waals surface area contributed by atoms with Crippen LogP contribution in [0.2, 0.25) is 0 Å². The largest absolute Gasteiger partial charge is 0.496 e. The van der Waals surface area contributed by atoms with Gasteiger partial charge in [-0.05, 0) is 32.9 Å². The van der Waals surface area contributed by atoms with E-state index in [2.05, 4.69) is 15.3 Å². The molecular formula is C16H19N3O2. The van der Waals surface area contributed by atoms with E-state index in [0.717, 1.165) is 11.4 Å². The molecule has 2 rings (SSSR count). The third kappa shape index (κ3) is 3.37. The molecule has 0 aliphatic heterocycles. The van der Waals surface area contributed by atoms with Gasteiger partial charge in [-0.3, -0.25) is 14.8 Å². The van der Waals surface area contributed by atoms with Crippen LogP contribution in [0, 0.1) is 6.92 Å². The van der Waals surface area contributed by atoms with Gasteiger partial charge in [0, 0.05) is 24.2 Å². The predicted octanol–water partition coefficient (Wildman–Crippen LogP) is 2.46. The Kier molecular flexibility index (Phi) is 4.21. The molecular weight excluding hydrogens is 266 g/mol. The Morgan fingerprint density at radius 2 is 2.05 bits per heavy atom. The second kappa shape index (κ2) is 5.91. The fourth-order valence-corrected chi connectivity index (χ4v) is 2.02. The minimum absolute atomic E-state index is 0.241. The maximum absolute atomic E-state index is 12.5. The van der Waals surface area contributed by atoms with Gasteiger partial charge in [0.05, 0.1) is 23.9 Å². The molecule has 0 atom stereocenters. The second-order valence-electron chi connectivity index (χ2n) is 5.32. The molecule has 0 fully saturated rings. The summed E-state index contributed by atoms with van der Waals surface area (Å²) >= 11 is 0. The summed E-state index contributed by atoms with van der Waals surface area (Å²) in [4.78, 5) is 20.9. The summed E-state index contributed by atoms with van der Waals surface area (Å²) in [6.45, 7) is 5.66. The third-order valence-electron chi connectivity index (χ3n) is 3.20. The van der Waals surface area contributed by atoms with Crippen LogP contribution in [-0.2, 0) is 5.54 Å². The van der Waals surface area contributed by atoms with Crippen LogP contribution < -0.4 is 10.1 Å². The zero-order chi connectivity index (χ0) is 15.5. The normalized spacial score (nSPS) is 11.0. The lowest BCUT2D eigenvalue weighted by atomic mass is 9.99. The minimum Gasteiger partial charge on any atom is -0.496 e. The Morgan fingerprint density at radius 3 is 2.67 bits per heavy atom. The van der Waals surface area contributed by atoms with E-state index in [0.29, 0.717) is 11.3 Å². The predicted molar refractivity (Wildman–Crippen MR) is 80.3 cm³/mol. The lowest BCUT2D eigenvalue weighted by Crippen LogP contribution is -2.41. The van der Waals surface area contributed by atoms with Gasteiger partial charge in [-0.15, -0.1) is 0 Å². The van der Waals surface area contributed by atoms with Crippen molar-refractivity contribution in [2.75, 3.05) is 7.11 Å². The number of aromatic nitrogens is 2. The van der Waals surface area contributed by atoms with Crippen LogP contribution in [0.25, 0.3) is 0 Å². The van der Waals surface area contributed by atoms with E-state index >= 15 is 0 Å². The van der Waals surface area contributed by atoms with Gasteiger partial charge >= 0.3 is 0 Å². The van der Waals surface area contributed by atoms with Crippen molar-refractivity contribution in [3.63, 3.8) is 0 Å². The molecule has 2 aromatic rings. The molecule has 0 saturated heterocycles. The highest BCUT2D eigenvalue weighted by molar-refractivity contribution is 5.97. The quantitative estimate of drug-likeness (QED) is 0.937. The summed E-state index contributed by atoms with van der Waals surface area (Å²) in [5.74, 6) is 0.270. The van der Waals surface area contributed by atoms with Crippen molar-refractivity contribution in [1.29, 1.82) is 0 Å². The molecule has 2 heterocycles. The monoisotopic (exact) mass is 285 g/mol. The topological polar surface area (TPSA) is 64.1 Å². The first-order valence-electron chi connectivity index (χ1n) is 6.68. The van der Waals surface area contributed by atoms with Crippen LogP contribution in [0.3, 0.4) is 0 Å². The summed E-state index contributed by atoms with van der Waals surface area (Å²) in [6, 6.07) is 7.35. The first-order chi connectivity index (χ1) is 9.94. The van der Waals surface area contributed by atoms with Gasteiger partial charge in [-0.25, -0.2) is 0 Å². The van der Waals surface area contributed by atoms with Crippen LogP contribution in [0.15, 0.2) is 36.7 Å². The van der Waals surface area contributed by atoms with E-state index in [9.17, 15) is 4.79 Å². The zero-order valence-corrected chi connectivity index (χ0v) is 12.7. The summed E-state index contributed by atoms with van der Waals surface area (Å²) in [5.41, 5.74) is 1.41. The van der Waals surface area contributed by atoms with Gasteiger partial charge in [0.15, 0.2) is 0 Å². The van der Waals surface area contributed by atoms with Crippen molar-refractivity contribution in [1.82, 2.24) is 15.3 Å². The number of amides is 1. The van der Waals surface area contributed by atoms with Crippen LogP contribution in [0.4, 0.5) is 0 Å². The van der Waals surface area contributed by atoms with Crippen molar-refractivity contribution in [3.05, 3.63) is 53.6 Å². The molecule has 0 aliphatic rings. The number of ether oxygens (including phenoxy) is 1. The third-order valence-corrected chi connectivity index (χ3v) is 3.20. The lowest BCUT2D eigenvalue weighted by Gasteiger charge is -2.26. The Morgan fingerprint density at radius 1 is 1.29 bits per heavy atom. The highest BCUT2D eigenvalue weighted by atomic mass is 16.5. The number of methoxy groups -OCH3 is 1. The standard InChI is InChI=1S/C16H19N3O2/c1-11-9-13(21-4)12(10-18-11)15(20)19-16(2,3)14-7-5-6-8-17-14/h5-10H,1-4H3,(H,19,20). The Labute approximate surface area is 124 Å². The van der Waals surface area contributed by atoms with E-state index in [1.165, 1.54) is 13.3 Å². The lowest BCUT2D eigenvalue weighted by molar-refractivity contribution is 0.0907. The number of nitrogens with one attached hydrogen (secondary N) is 1. The van der Waals surface area contributed by atoms with Crippen LogP contribution in [-0.4, -0.2) is 23.0 Å². The highest BCUT2D eigenvalue weighted by Gasteiger charge is 2.26. The van der Waals surface area contributed by atoms with Crippen molar-refractivity contribution in [3.8, 4) is 5.75 Å². The van der Waals surface area contributed by atoms with Gasteiger partial charge in [0.25, 0.3) is 5.91 Å². The van der Waals surface area contributed by atoms with Gasteiger partial charge in [-0.2, -0.15) is 0 Å². The molecule has 0 aliphatic carbocycles. The smallest absolute Gasteiger partial charge is 0.257 e. The van der Waals surface area contributed by atoms with Crippen molar-refractivity contribution >= 4 is 5.91 Å². The maximum atomic E-state index is 12.5. The first-order valence-corrected chi connectivity index (χ1v) is 6.68. The second-order valence-corrected chi connectivity index (χ2v) is 5.32. The molecule has 21 heavy (non-hydrogen) atoms. The Bertz CT molecular complexity index is 639. The van der Waals surface area contributed by atoms with E-state index in [1.807, 2.05) is 39.0 Å². The number of carbonyl (C=O) groups is 1. The molecule has 110 valence electrons. The number of hydrogen-bond acceptors (Lipinski definition) is 4. The molecule has 0 radical (unpaired) electrons. The zero-order valence-electron chi connectivity index (χ0n) is 12.7. The van der Waals surface area contributed by atoms with Crippen molar-refractivity contribution < 1.29 is 9.53 Å². The Hall–Kier alpha value is -2.43. The molecule has 5 heteroatoms. The van der Waals surface area contributed by atoms with Gasteiger partial charge in [0.1, 0.15) is 5.75 Å². The van der Waals surface area contributed by atoms with Crippen LogP contribution in [0.5, 0.6) is 5.75 Å². The molecule has 0 saturated carbocycles. The van der Waals surface area contributed by atoms with E-state index in [-0.39, 0.29) is 5.91 Å². The SMILES string of the molecule is COc1cc(C)ncc1C(=O)NC(C)(C)c1ccccn1. The summed E-state index contributed by atoms with van der Waals surface area (Å²) < 4.78 is 5.25. The molecule has 1 N–H and O–H groups in total. The molecule has 0 spiro atoms. The van der Waals surface area contributed by atoms with Gasteiger partial charge < -0.3 is 10.1 Å². The number of nitrogens with zero attached hydrogens (tertiary/aromatic N) is 2. The van der Waals surface area contributed by atoms with E-state index in [1.54, 1.807) is 12.3 Å². The highest BCUT2D eigenvalue weighted by Crippen LogP contribution is 2.22. The molecule has 5 nitrogen and oxygen atoms in total. The number of aryl methyl sites for hydroxylation is 1. The average Bonchev–Trinajstić information content (AvgIpc) is 2.47. The van der Waals surface area contributed by atoms with Crippen molar-refractivity contribution in [2.45, 2.75) is 26.3 Å². The summed E-state index contributed by atoms with van der Waals surface area (Å²) in [6.07, 6.45) is 3.23. The Balaban J connectivity index is 2.26. The molecule has 2 aromatic heterocycles. The molecule has 0 bridgehead atoms. The first kappa shape index (κ1) is 15.0. The maximum Gasteiger partial charge on any atom is 0.257 e. The minimum atomic E-state index is -0.589. The summed E-state index contributed by atoms with van der Waals surface area (Å²) in [7, 11) is 1.54. The van der Waals surface area contributed by atoms with Gasteiger partial charge in [-0.1, -0.05) is 6.07 Å². The number of rotatable bonds is 4. The van der Waals surface area contributed by atoms with Crippen LogP contribution in [0.1, 0.15) is 35.6 Å². The number of hydrogen-bond donors (Lipinski definition) is 1. The fraction of sp³-hybridized carbons (Fsp3) is 0.312. The number of carbonyl (C=O) groups excluding carboxylic acids is 1.